The third-order valence-electron chi connectivity index (χ3n) is 7.67. The number of primary sulfonamides is 1. The van der Waals surface area contributed by atoms with Gasteiger partial charge in [0.05, 0.1) is 48.3 Å². The van der Waals surface area contributed by atoms with Crippen molar-refractivity contribution in [1.82, 2.24) is 4.90 Å². The molecule has 0 bridgehead atoms. The second-order valence-corrected chi connectivity index (χ2v) is 15.2. The summed E-state index contributed by atoms with van der Waals surface area (Å²) in [5, 5.41) is 8.42. The topological polar surface area (TPSA) is 211 Å². The molecule has 0 radical (unpaired) electrons. The number of amides is 1. The number of nitrogens with zero attached hydrogens (tertiary/aromatic N) is 1. The van der Waals surface area contributed by atoms with Crippen molar-refractivity contribution in [2.24, 2.45) is 5.14 Å². The Bertz CT molecular complexity index is 1900. The molecule has 1 amide bonds. The van der Waals surface area contributed by atoms with Crippen molar-refractivity contribution < 1.29 is 55.8 Å². The van der Waals surface area contributed by atoms with Gasteiger partial charge in [-0.1, -0.05) is 35.3 Å². The monoisotopic (exact) mass is 811 g/mol. The van der Waals surface area contributed by atoms with Crippen LogP contribution in [-0.2, 0) is 45.1 Å². The van der Waals surface area contributed by atoms with Crippen LogP contribution in [0.1, 0.15) is 79.9 Å². The molecule has 3 N–H and O–H groups in total. The van der Waals surface area contributed by atoms with Gasteiger partial charge in [0.25, 0.3) is 0 Å². The van der Waals surface area contributed by atoms with Gasteiger partial charge in [-0.25, -0.2) is 27.9 Å². The van der Waals surface area contributed by atoms with E-state index in [0.29, 0.717) is 35.6 Å². The average molecular weight is 813 g/mol. The molecular formula is C36H43Cl2N3O12S. The maximum Gasteiger partial charge on any atom is 0.413 e. The van der Waals surface area contributed by atoms with Crippen LogP contribution in [0, 0.1) is 0 Å². The van der Waals surface area contributed by atoms with E-state index in [-0.39, 0.29) is 54.8 Å². The number of anilines is 1. The molecule has 0 saturated carbocycles. The maximum absolute atomic E-state index is 13.1. The predicted octanol–water partition coefficient (Wildman–Crippen LogP) is 6.16. The number of halogens is 2. The van der Waals surface area contributed by atoms with Crippen molar-refractivity contribution >= 4 is 68.5 Å². The molecule has 0 spiro atoms. The molecule has 3 aromatic rings. The van der Waals surface area contributed by atoms with E-state index in [4.69, 9.17) is 51.7 Å². The fourth-order valence-corrected chi connectivity index (χ4v) is 6.36. The van der Waals surface area contributed by atoms with Gasteiger partial charge >= 0.3 is 18.0 Å². The number of Topliss-reactive ketones (excluding diaryl/α,β-unsaturated/α-hetero) is 2. The van der Waals surface area contributed by atoms with Crippen LogP contribution >= 0.6 is 23.2 Å². The molecule has 1 heterocycles. The average Bonchev–Trinajstić information content (AvgIpc) is 3.62. The van der Waals surface area contributed by atoms with Gasteiger partial charge in [-0.2, -0.15) is 0 Å². The Labute approximate surface area is 323 Å². The minimum atomic E-state index is -4.22. The number of nitrogens with two attached hydrogens (primary N) is 1. The first-order chi connectivity index (χ1) is 25.4. The number of unbranched alkanes of at least 4 members (excludes halogenated alkanes) is 2. The summed E-state index contributed by atoms with van der Waals surface area (Å²) in [6, 6.07) is 11.1. The summed E-state index contributed by atoms with van der Waals surface area (Å²) < 4.78 is 49.9. The third-order valence-corrected chi connectivity index (χ3v) is 9.28. The Morgan fingerprint density at radius 2 is 1.65 bits per heavy atom. The molecular weight excluding hydrogens is 769 g/mol. The zero-order chi connectivity index (χ0) is 40.1. The second-order valence-electron chi connectivity index (χ2n) is 12.8. The quantitative estimate of drug-likeness (QED) is 0.0431. The molecule has 1 aromatic heterocycles. The molecule has 0 saturated heterocycles. The highest BCUT2D eigenvalue weighted by molar-refractivity contribution is 7.89. The fourth-order valence-electron chi connectivity index (χ4n) is 5.07. The molecule has 0 aliphatic carbocycles. The number of hydrogen-bond acceptors (Lipinski definition) is 13. The molecule has 15 nitrogen and oxygen atoms in total. The van der Waals surface area contributed by atoms with E-state index in [1.807, 2.05) is 0 Å². The Morgan fingerprint density at radius 1 is 0.926 bits per heavy atom. The number of ketones is 2. The number of hydrogen-bond donors (Lipinski definition) is 2. The lowest BCUT2D eigenvalue weighted by atomic mass is 9.98. The molecule has 18 heteroatoms. The van der Waals surface area contributed by atoms with E-state index < -0.39 is 57.1 Å². The summed E-state index contributed by atoms with van der Waals surface area (Å²) in [7, 11) is -4.22. The van der Waals surface area contributed by atoms with Crippen LogP contribution < -0.4 is 10.5 Å². The van der Waals surface area contributed by atoms with E-state index in [2.05, 4.69) is 5.32 Å². The van der Waals surface area contributed by atoms with Gasteiger partial charge in [0, 0.05) is 29.2 Å². The zero-order valence-corrected chi connectivity index (χ0v) is 32.6. The smallest absolute Gasteiger partial charge is 0.413 e. The van der Waals surface area contributed by atoms with Crippen molar-refractivity contribution in [3.8, 4) is 0 Å². The number of sulfonamides is 1. The molecule has 1 atom stereocenters. The van der Waals surface area contributed by atoms with E-state index >= 15 is 0 Å². The Balaban J connectivity index is 1.35. The van der Waals surface area contributed by atoms with Crippen LogP contribution in [0.2, 0.25) is 10.0 Å². The number of carbonyl (C=O) groups excluding carboxylic acids is 5. The van der Waals surface area contributed by atoms with Crippen molar-refractivity contribution in [3.63, 3.8) is 0 Å². The van der Waals surface area contributed by atoms with Gasteiger partial charge in [0.15, 0.2) is 5.78 Å². The van der Waals surface area contributed by atoms with Gasteiger partial charge in [0.2, 0.25) is 22.6 Å². The van der Waals surface area contributed by atoms with E-state index in [1.165, 1.54) is 30.2 Å². The molecule has 1 unspecified atom stereocenters. The molecule has 3 rings (SSSR count). The number of furan rings is 1. The number of esters is 2. The normalized spacial score (nSPS) is 12.1. The molecule has 0 fully saturated rings. The van der Waals surface area contributed by atoms with Crippen molar-refractivity contribution in [2.45, 2.75) is 76.4 Å². The summed E-state index contributed by atoms with van der Waals surface area (Å²) in [6.45, 7) is 6.20. The van der Waals surface area contributed by atoms with E-state index in [1.54, 1.807) is 51.1 Å². The summed E-state index contributed by atoms with van der Waals surface area (Å²) in [4.78, 5) is 64.0. The van der Waals surface area contributed by atoms with Crippen LogP contribution in [0.5, 0.6) is 0 Å². The van der Waals surface area contributed by atoms with Crippen LogP contribution in [0.15, 0.2) is 64.1 Å². The van der Waals surface area contributed by atoms with Gasteiger partial charge in [-0.05, 0) is 83.4 Å². The Hall–Kier alpha value is -4.48. The van der Waals surface area contributed by atoms with Crippen molar-refractivity contribution in [3.05, 3.63) is 81.7 Å². The standard InChI is InChI=1S/C36H43Cl2N3O12S/c1-23(32(43)24-10-8-11-25(37)18-24)41(36(2,3)4)35(46)53-22-52-34(45)30(42)13-17-49-14-6-5-7-15-51-33(44)27-19-31(54(39,47)48)28(38)20-29(27)40-21-26-12-9-16-50-26/h8-12,16,18-20,23,40H,5-7,13-15,17,21-22H2,1-4H3,(H2,39,47,48). The van der Waals surface area contributed by atoms with Crippen molar-refractivity contribution in [1.29, 1.82) is 0 Å². The number of carbonyl (C=O) groups is 5. The number of nitrogens with one attached hydrogen (secondary N) is 1. The van der Waals surface area contributed by atoms with Crippen LogP contribution in [0.4, 0.5) is 10.5 Å². The fraction of sp³-hybridized carbons (Fsp3) is 0.417. The van der Waals surface area contributed by atoms with E-state index in [0.717, 1.165) is 6.07 Å². The first kappa shape index (κ1) is 43.9. The number of ether oxygens (including phenoxy) is 4. The van der Waals surface area contributed by atoms with Crippen LogP contribution in [0.25, 0.3) is 0 Å². The molecule has 54 heavy (non-hydrogen) atoms. The Kier molecular flexibility index (Phi) is 16.5. The summed E-state index contributed by atoms with van der Waals surface area (Å²) >= 11 is 12.1. The van der Waals surface area contributed by atoms with E-state index in [9.17, 15) is 32.4 Å². The number of benzene rings is 2. The highest BCUT2D eigenvalue weighted by Gasteiger charge is 2.36. The van der Waals surface area contributed by atoms with Crippen LogP contribution in [0.3, 0.4) is 0 Å². The third kappa shape index (κ3) is 13.4. The largest absolute Gasteiger partial charge is 0.467 e. The lowest BCUT2D eigenvalue weighted by molar-refractivity contribution is -0.161. The second kappa shape index (κ2) is 20.3. The summed E-state index contributed by atoms with van der Waals surface area (Å²) in [5.74, 6) is -2.71. The van der Waals surface area contributed by atoms with Gasteiger partial charge in [0.1, 0.15) is 10.7 Å². The molecule has 294 valence electrons. The summed E-state index contributed by atoms with van der Waals surface area (Å²) in [6.07, 6.45) is 1.85. The van der Waals surface area contributed by atoms with Crippen molar-refractivity contribution in [2.75, 3.05) is 31.9 Å². The van der Waals surface area contributed by atoms with Gasteiger partial charge in [-0.15, -0.1) is 0 Å². The SMILES string of the molecule is CC(C(=O)c1cccc(Cl)c1)N(C(=O)OCOC(=O)C(=O)CCOCCCCCOC(=O)c1cc(S(N)(=O)=O)c(Cl)cc1NCc1ccco1)C(C)(C)C. The lowest BCUT2D eigenvalue weighted by Gasteiger charge is -2.38. The van der Waals surface area contributed by atoms with Crippen LogP contribution in [-0.4, -0.2) is 81.1 Å². The minimum Gasteiger partial charge on any atom is -0.467 e. The highest BCUT2D eigenvalue weighted by atomic mass is 35.5. The summed E-state index contributed by atoms with van der Waals surface area (Å²) in [5.41, 5.74) is -0.402. The first-order valence-corrected chi connectivity index (χ1v) is 19.0. The number of rotatable bonds is 20. The Morgan fingerprint density at radius 3 is 2.30 bits per heavy atom. The minimum absolute atomic E-state index is 0.0172. The molecule has 2 aromatic carbocycles. The first-order valence-electron chi connectivity index (χ1n) is 16.7. The van der Waals surface area contributed by atoms with Gasteiger partial charge < -0.3 is 28.7 Å². The zero-order valence-electron chi connectivity index (χ0n) is 30.2. The predicted molar refractivity (Wildman–Crippen MR) is 198 cm³/mol. The highest BCUT2D eigenvalue weighted by Crippen LogP contribution is 2.29. The van der Waals surface area contributed by atoms with Gasteiger partial charge in [-0.3, -0.25) is 14.5 Å². The molecule has 0 aliphatic rings. The maximum atomic E-state index is 13.1. The lowest BCUT2D eigenvalue weighted by Crippen LogP contribution is -2.53. The molecule has 0 aliphatic heterocycles.